The zero-order valence-corrected chi connectivity index (χ0v) is 6.19. The first-order valence-electron chi connectivity index (χ1n) is 3.03. The summed E-state index contributed by atoms with van der Waals surface area (Å²) < 4.78 is 21.2. The van der Waals surface area contributed by atoms with E-state index >= 15 is 0 Å². The molecule has 2 N–H and O–H groups in total. The summed E-state index contributed by atoms with van der Waals surface area (Å²) in [4.78, 5) is 0. The topological polar surface area (TPSA) is 60.2 Å². The molecule has 1 atom stereocenters. The van der Waals surface area contributed by atoms with Gasteiger partial charge in [0.15, 0.2) is 0 Å². The molecule has 1 aliphatic carbocycles. The lowest BCUT2D eigenvalue weighted by Crippen LogP contribution is -2.27. The Bertz CT molecular complexity index is 193. The van der Waals surface area contributed by atoms with E-state index < -0.39 is 10.0 Å². The minimum Gasteiger partial charge on any atom is -0.228 e. The molecule has 0 spiro atoms. The molecule has 1 rings (SSSR count). The summed E-state index contributed by atoms with van der Waals surface area (Å²) in [5.41, 5.74) is 0. The fourth-order valence-electron chi connectivity index (χ4n) is 0.834. The van der Waals surface area contributed by atoms with Gasteiger partial charge in [-0.3, -0.25) is 0 Å². The average Bonchev–Trinajstić information content (AvgIpc) is 2.40. The van der Waals surface area contributed by atoms with Crippen molar-refractivity contribution in [3.63, 3.8) is 0 Å². The Morgan fingerprint density at radius 1 is 1.56 bits per heavy atom. The highest BCUT2D eigenvalue weighted by molar-refractivity contribution is 7.89. The second-order valence-corrected chi connectivity index (χ2v) is 4.55. The second-order valence-electron chi connectivity index (χ2n) is 2.63. The molecule has 0 aromatic carbocycles. The number of hydrogen-bond donors (Lipinski definition) is 1. The molecular formula is C5H11NO2S. The van der Waals surface area contributed by atoms with E-state index in [1.165, 1.54) is 0 Å². The zero-order valence-electron chi connectivity index (χ0n) is 5.37. The molecule has 0 aliphatic heterocycles. The molecular weight excluding hydrogens is 138 g/mol. The van der Waals surface area contributed by atoms with Crippen molar-refractivity contribution in [3.05, 3.63) is 0 Å². The van der Waals surface area contributed by atoms with Crippen molar-refractivity contribution in [3.8, 4) is 0 Å². The summed E-state index contributed by atoms with van der Waals surface area (Å²) >= 11 is 0. The molecule has 1 unspecified atom stereocenters. The zero-order chi connectivity index (χ0) is 7.07. The molecule has 0 aromatic heterocycles. The SMILES string of the molecule is CC(C1CC1)S(N)(=O)=O. The van der Waals surface area contributed by atoms with Gasteiger partial charge in [0, 0.05) is 0 Å². The van der Waals surface area contributed by atoms with Crippen molar-refractivity contribution in [1.82, 2.24) is 0 Å². The maximum Gasteiger partial charge on any atom is 0.211 e. The predicted molar refractivity (Wildman–Crippen MR) is 35.3 cm³/mol. The molecule has 54 valence electrons. The Labute approximate surface area is 55.3 Å². The van der Waals surface area contributed by atoms with E-state index in [1.54, 1.807) is 6.92 Å². The Morgan fingerprint density at radius 3 is 2.11 bits per heavy atom. The number of sulfonamides is 1. The summed E-state index contributed by atoms with van der Waals surface area (Å²) in [6.45, 7) is 1.67. The molecule has 1 aliphatic rings. The fourth-order valence-corrected chi connectivity index (χ4v) is 1.64. The molecule has 1 saturated carbocycles. The number of primary sulfonamides is 1. The molecule has 0 amide bonds. The first kappa shape index (κ1) is 7.02. The van der Waals surface area contributed by atoms with E-state index in [0.717, 1.165) is 12.8 Å². The molecule has 3 nitrogen and oxygen atoms in total. The summed E-state index contributed by atoms with van der Waals surface area (Å²) in [6.07, 6.45) is 2.05. The smallest absolute Gasteiger partial charge is 0.211 e. The van der Waals surface area contributed by atoms with Crippen molar-refractivity contribution in [1.29, 1.82) is 0 Å². The van der Waals surface area contributed by atoms with Crippen LogP contribution in [0.25, 0.3) is 0 Å². The second kappa shape index (κ2) is 1.95. The lowest BCUT2D eigenvalue weighted by molar-refractivity contribution is 0.576. The molecule has 0 heterocycles. The van der Waals surface area contributed by atoms with Crippen LogP contribution in [0, 0.1) is 5.92 Å². The van der Waals surface area contributed by atoms with Gasteiger partial charge in [-0.2, -0.15) is 0 Å². The highest BCUT2D eigenvalue weighted by Gasteiger charge is 2.34. The Balaban J connectivity index is 2.61. The molecule has 9 heavy (non-hydrogen) atoms. The lowest BCUT2D eigenvalue weighted by atomic mass is 10.3. The maximum absolute atomic E-state index is 10.6. The van der Waals surface area contributed by atoms with Crippen LogP contribution in [0.4, 0.5) is 0 Å². The van der Waals surface area contributed by atoms with E-state index in [4.69, 9.17) is 5.14 Å². The largest absolute Gasteiger partial charge is 0.228 e. The van der Waals surface area contributed by atoms with E-state index in [0.29, 0.717) is 5.92 Å². The predicted octanol–water partition coefficient (Wildman–Crippen LogP) is 0.0734. The van der Waals surface area contributed by atoms with Crippen LogP contribution in [0.5, 0.6) is 0 Å². The van der Waals surface area contributed by atoms with E-state index in [9.17, 15) is 8.42 Å². The normalized spacial score (nSPS) is 23.8. The highest BCUT2D eigenvalue weighted by atomic mass is 32.2. The first-order valence-corrected chi connectivity index (χ1v) is 4.64. The van der Waals surface area contributed by atoms with E-state index in [2.05, 4.69) is 0 Å². The Morgan fingerprint density at radius 2 is 2.00 bits per heavy atom. The molecule has 0 bridgehead atoms. The van der Waals surface area contributed by atoms with Gasteiger partial charge in [-0.25, -0.2) is 13.6 Å². The third-order valence-corrected chi connectivity index (χ3v) is 3.23. The first-order chi connectivity index (χ1) is 4.02. The van der Waals surface area contributed by atoms with Crippen LogP contribution >= 0.6 is 0 Å². The lowest BCUT2D eigenvalue weighted by Gasteiger charge is -2.04. The van der Waals surface area contributed by atoms with Crippen LogP contribution in [0.2, 0.25) is 0 Å². The maximum atomic E-state index is 10.6. The third kappa shape index (κ3) is 1.66. The summed E-state index contributed by atoms with van der Waals surface area (Å²) in [5.74, 6) is 0.347. The summed E-state index contributed by atoms with van der Waals surface area (Å²) in [5, 5.41) is 4.57. The number of rotatable bonds is 2. The van der Waals surface area contributed by atoms with Gasteiger partial charge in [0.05, 0.1) is 5.25 Å². The van der Waals surface area contributed by atoms with E-state index in [-0.39, 0.29) is 5.25 Å². The summed E-state index contributed by atoms with van der Waals surface area (Å²) in [7, 11) is -3.24. The quantitative estimate of drug-likeness (QED) is 0.604. The van der Waals surface area contributed by atoms with Crippen molar-refractivity contribution in [2.45, 2.75) is 25.0 Å². The van der Waals surface area contributed by atoms with Gasteiger partial charge in [-0.05, 0) is 25.7 Å². The summed E-state index contributed by atoms with van der Waals surface area (Å²) in [6, 6.07) is 0. The molecule has 0 aromatic rings. The monoisotopic (exact) mass is 149 g/mol. The molecule has 4 heteroatoms. The van der Waals surface area contributed by atoms with Crippen molar-refractivity contribution in [2.75, 3.05) is 0 Å². The average molecular weight is 149 g/mol. The van der Waals surface area contributed by atoms with Gasteiger partial charge in [0.1, 0.15) is 0 Å². The Hall–Kier alpha value is -0.0900. The van der Waals surface area contributed by atoms with Gasteiger partial charge in [-0.1, -0.05) is 0 Å². The van der Waals surface area contributed by atoms with Crippen LogP contribution in [-0.2, 0) is 10.0 Å². The Kier molecular flexibility index (Phi) is 1.52. The van der Waals surface area contributed by atoms with Crippen LogP contribution in [0.15, 0.2) is 0 Å². The van der Waals surface area contributed by atoms with Crippen LogP contribution < -0.4 is 5.14 Å². The van der Waals surface area contributed by atoms with Crippen LogP contribution in [0.1, 0.15) is 19.8 Å². The standard InChI is InChI=1S/C5H11NO2S/c1-4(5-2-3-5)9(6,7)8/h4-5H,2-3H2,1H3,(H2,6,7,8). The number of hydrogen-bond acceptors (Lipinski definition) is 2. The third-order valence-electron chi connectivity index (χ3n) is 1.80. The van der Waals surface area contributed by atoms with Crippen molar-refractivity contribution >= 4 is 10.0 Å². The van der Waals surface area contributed by atoms with Gasteiger partial charge in [-0.15, -0.1) is 0 Å². The van der Waals surface area contributed by atoms with Crippen molar-refractivity contribution < 1.29 is 8.42 Å². The van der Waals surface area contributed by atoms with Crippen LogP contribution in [-0.4, -0.2) is 13.7 Å². The van der Waals surface area contributed by atoms with Gasteiger partial charge in [0.25, 0.3) is 0 Å². The molecule has 0 saturated heterocycles. The van der Waals surface area contributed by atoms with Gasteiger partial charge >= 0.3 is 0 Å². The van der Waals surface area contributed by atoms with Gasteiger partial charge < -0.3 is 0 Å². The molecule has 1 fully saturated rings. The minimum atomic E-state index is -3.24. The van der Waals surface area contributed by atoms with Crippen LogP contribution in [0.3, 0.4) is 0 Å². The molecule has 0 radical (unpaired) electrons. The van der Waals surface area contributed by atoms with E-state index in [1.807, 2.05) is 0 Å². The fraction of sp³-hybridized carbons (Fsp3) is 1.00. The minimum absolute atomic E-state index is 0.322. The highest BCUT2D eigenvalue weighted by Crippen LogP contribution is 2.34. The van der Waals surface area contributed by atoms with Gasteiger partial charge in [0.2, 0.25) is 10.0 Å². The number of nitrogens with two attached hydrogens (primary N) is 1. The van der Waals surface area contributed by atoms with Crippen molar-refractivity contribution in [2.24, 2.45) is 11.1 Å².